The molecule has 8 nitrogen and oxygen atoms in total. The van der Waals surface area contributed by atoms with Crippen molar-refractivity contribution >= 4 is 29.3 Å². The molecule has 0 aliphatic heterocycles. The van der Waals surface area contributed by atoms with E-state index in [1.807, 2.05) is 30.3 Å². The third-order valence-electron chi connectivity index (χ3n) is 4.20. The van der Waals surface area contributed by atoms with Crippen molar-refractivity contribution in [1.29, 1.82) is 0 Å². The molecule has 2 heterocycles. The Kier molecular flexibility index (Phi) is 6.18. The average molecular weight is 435 g/mol. The fourth-order valence-corrected chi connectivity index (χ4v) is 3.67. The monoisotopic (exact) mass is 434 g/mol. The predicted molar refractivity (Wildman–Crippen MR) is 119 cm³/mol. The number of aromatic nitrogens is 6. The Morgan fingerprint density at radius 3 is 2.58 bits per heavy atom. The molecule has 2 aromatic carbocycles. The number of nitrogen functional groups attached to an aromatic ring is 1. The van der Waals surface area contributed by atoms with Crippen LogP contribution in [0.1, 0.15) is 5.82 Å². The lowest BCUT2D eigenvalue weighted by molar-refractivity contribution is 0.626. The highest BCUT2D eigenvalue weighted by Gasteiger charge is 2.17. The van der Waals surface area contributed by atoms with Gasteiger partial charge in [-0.25, -0.2) is 4.39 Å². The van der Waals surface area contributed by atoms with Crippen molar-refractivity contribution in [1.82, 2.24) is 29.7 Å². The Balaban J connectivity index is 1.55. The number of hydrogen-bond acceptors (Lipinski definition) is 8. The van der Waals surface area contributed by atoms with Gasteiger partial charge in [-0.15, -0.1) is 16.8 Å². The summed E-state index contributed by atoms with van der Waals surface area (Å²) in [6, 6.07) is 16.0. The number of hydrogen-bond donors (Lipinski definition) is 2. The minimum absolute atomic E-state index is 0.114. The molecule has 4 aromatic rings. The first-order valence-corrected chi connectivity index (χ1v) is 10.4. The minimum atomic E-state index is -0.362. The van der Waals surface area contributed by atoms with E-state index >= 15 is 0 Å². The maximum atomic E-state index is 14.3. The lowest BCUT2D eigenvalue weighted by Crippen LogP contribution is -2.07. The fourth-order valence-electron chi connectivity index (χ4n) is 2.87. The van der Waals surface area contributed by atoms with Gasteiger partial charge in [0.05, 0.1) is 11.3 Å². The molecule has 0 bridgehead atoms. The number of para-hydroxylation sites is 1. The Labute approximate surface area is 182 Å². The van der Waals surface area contributed by atoms with Gasteiger partial charge in [0.1, 0.15) is 11.6 Å². The zero-order chi connectivity index (χ0) is 21.6. The second-order valence-electron chi connectivity index (χ2n) is 6.40. The van der Waals surface area contributed by atoms with E-state index in [9.17, 15) is 4.39 Å². The molecule has 0 saturated carbocycles. The van der Waals surface area contributed by atoms with Gasteiger partial charge in [-0.1, -0.05) is 48.2 Å². The molecule has 0 aliphatic rings. The maximum absolute atomic E-state index is 14.3. The van der Waals surface area contributed by atoms with Crippen LogP contribution in [0.25, 0.3) is 11.4 Å². The molecule has 156 valence electrons. The van der Waals surface area contributed by atoms with Gasteiger partial charge in [-0.05, 0) is 24.3 Å². The van der Waals surface area contributed by atoms with E-state index in [4.69, 9.17) is 5.73 Å². The van der Waals surface area contributed by atoms with Crippen molar-refractivity contribution in [2.45, 2.75) is 17.5 Å². The minimum Gasteiger partial charge on any atom is -0.368 e. The van der Waals surface area contributed by atoms with E-state index in [2.05, 4.69) is 37.0 Å². The lowest BCUT2D eigenvalue weighted by atomic mass is 10.2. The Hall–Kier alpha value is -3.79. The number of rotatable bonds is 8. The summed E-state index contributed by atoms with van der Waals surface area (Å²) in [6.45, 7) is 4.21. The first-order chi connectivity index (χ1) is 15.1. The summed E-state index contributed by atoms with van der Waals surface area (Å²) in [6.07, 6.45) is 1.71. The standard InChI is InChI=1S/C21H19FN8S/c1-2-12-30-18(15-10-6-7-11-16(15)22)28-29-21(30)31-13-17-25-19(23)27-20(26-17)24-14-8-4-3-5-9-14/h2-11H,1,12-13H2,(H3,23,24,25,26,27). The predicted octanol–water partition coefficient (Wildman–Crippen LogP) is 4.07. The zero-order valence-electron chi connectivity index (χ0n) is 16.4. The molecule has 0 saturated heterocycles. The molecule has 0 aliphatic carbocycles. The molecule has 31 heavy (non-hydrogen) atoms. The highest BCUT2D eigenvalue weighted by molar-refractivity contribution is 7.98. The van der Waals surface area contributed by atoms with Crippen LogP contribution in [0.3, 0.4) is 0 Å². The number of allylic oxidation sites excluding steroid dienone is 1. The first-order valence-electron chi connectivity index (χ1n) is 9.38. The van der Waals surface area contributed by atoms with Crippen LogP contribution in [-0.2, 0) is 12.3 Å². The van der Waals surface area contributed by atoms with Gasteiger partial charge in [-0.2, -0.15) is 15.0 Å². The Morgan fingerprint density at radius 1 is 1.03 bits per heavy atom. The van der Waals surface area contributed by atoms with Crippen molar-refractivity contribution in [3.63, 3.8) is 0 Å². The van der Waals surface area contributed by atoms with E-state index in [0.29, 0.717) is 40.6 Å². The third-order valence-corrected chi connectivity index (χ3v) is 5.17. The highest BCUT2D eigenvalue weighted by atomic mass is 32.2. The summed E-state index contributed by atoms with van der Waals surface area (Å²) in [5, 5.41) is 12.1. The van der Waals surface area contributed by atoms with Gasteiger partial charge in [0.2, 0.25) is 11.9 Å². The summed E-state index contributed by atoms with van der Waals surface area (Å²) in [5.74, 6) is 1.40. The summed E-state index contributed by atoms with van der Waals surface area (Å²) in [7, 11) is 0. The van der Waals surface area contributed by atoms with E-state index in [-0.39, 0.29) is 11.8 Å². The van der Waals surface area contributed by atoms with Crippen molar-refractivity contribution < 1.29 is 4.39 Å². The van der Waals surface area contributed by atoms with Gasteiger partial charge in [0.15, 0.2) is 11.0 Å². The number of benzene rings is 2. The van der Waals surface area contributed by atoms with Crippen LogP contribution in [0.15, 0.2) is 72.4 Å². The smallest absolute Gasteiger partial charge is 0.232 e. The van der Waals surface area contributed by atoms with Crippen LogP contribution in [0, 0.1) is 5.82 Å². The average Bonchev–Trinajstić information content (AvgIpc) is 3.15. The van der Waals surface area contributed by atoms with Crippen LogP contribution in [-0.4, -0.2) is 29.7 Å². The van der Waals surface area contributed by atoms with Crippen molar-refractivity contribution in [2.75, 3.05) is 11.1 Å². The molecule has 0 unspecified atom stereocenters. The van der Waals surface area contributed by atoms with E-state index < -0.39 is 0 Å². The highest BCUT2D eigenvalue weighted by Crippen LogP contribution is 2.27. The fraction of sp³-hybridized carbons (Fsp3) is 0.0952. The molecule has 2 aromatic heterocycles. The van der Waals surface area contributed by atoms with Crippen LogP contribution < -0.4 is 11.1 Å². The van der Waals surface area contributed by atoms with Gasteiger partial charge in [0.25, 0.3) is 0 Å². The van der Waals surface area contributed by atoms with Crippen LogP contribution in [0.4, 0.5) is 22.0 Å². The largest absolute Gasteiger partial charge is 0.368 e. The van der Waals surface area contributed by atoms with Gasteiger partial charge >= 0.3 is 0 Å². The molecule has 3 N–H and O–H groups in total. The van der Waals surface area contributed by atoms with Gasteiger partial charge in [-0.3, -0.25) is 4.57 Å². The number of thioether (sulfide) groups is 1. The normalized spacial score (nSPS) is 10.7. The van der Waals surface area contributed by atoms with Crippen molar-refractivity contribution in [2.24, 2.45) is 0 Å². The number of halogens is 1. The summed E-state index contributed by atoms with van der Waals surface area (Å²) < 4.78 is 16.1. The van der Waals surface area contributed by atoms with Gasteiger partial charge < -0.3 is 11.1 Å². The summed E-state index contributed by atoms with van der Waals surface area (Å²) in [4.78, 5) is 12.8. The summed E-state index contributed by atoms with van der Waals surface area (Å²) in [5.41, 5.74) is 7.07. The summed E-state index contributed by atoms with van der Waals surface area (Å²) >= 11 is 1.37. The molecule has 10 heteroatoms. The van der Waals surface area contributed by atoms with E-state index in [1.165, 1.54) is 17.8 Å². The third kappa shape index (κ3) is 4.86. The Morgan fingerprint density at radius 2 is 1.81 bits per heavy atom. The molecule has 0 amide bonds. The number of nitrogens with zero attached hydrogens (tertiary/aromatic N) is 6. The van der Waals surface area contributed by atoms with Crippen LogP contribution >= 0.6 is 11.8 Å². The number of nitrogens with one attached hydrogen (secondary N) is 1. The molecule has 0 radical (unpaired) electrons. The number of nitrogens with two attached hydrogens (primary N) is 1. The lowest BCUT2D eigenvalue weighted by Gasteiger charge is -2.09. The molecular weight excluding hydrogens is 415 g/mol. The van der Waals surface area contributed by atoms with Crippen LogP contribution in [0.5, 0.6) is 0 Å². The van der Waals surface area contributed by atoms with E-state index in [1.54, 1.807) is 28.8 Å². The van der Waals surface area contributed by atoms with Crippen molar-refractivity contribution in [3.8, 4) is 11.4 Å². The van der Waals surface area contributed by atoms with Crippen molar-refractivity contribution in [3.05, 3.63) is 78.9 Å². The second-order valence-corrected chi connectivity index (χ2v) is 7.34. The number of anilines is 3. The van der Waals surface area contributed by atoms with E-state index in [0.717, 1.165) is 5.69 Å². The van der Waals surface area contributed by atoms with Gasteiger partial charge in [0, 0.05) is 12.2 Å². The maximum Gasteiger partial charge on any atom is 0.232 e. The molecule has 4 rings (SSSR count). The second kappa shape index (κ2) is 9.35. The molecule has 0 atom stereocenters. The molecule has 0 spiro atoms. The molecule has 0 fully saturated rings. The topological polar surface area (TPSA) is 107 Å². The quantitative estimate of drug-likeness (QED) is 0.316. The van der Waals surface area contributed by atoms with Crippen LogP contribution in [0.2, 0.25) is 0 Å². The Bertz CT molecular complexity index is 1200. The SMILES string of the molecule is C=CCn1c(SCc2nc(N)nc(Nc3ccccc3)n2)nnc1-c1ccccc1F. The molecular formula is C21H19FN8S. The zero-order valence-corrected chi connectivity index (χ0v) is 17.3. The first kappa shape index (κ1) is 20.5.